The summed E-state index contributed by atoms with van der Waals surface area (Å²) in [7, 11) is 0. The largest absolute Gasteiger partial charge is 0.393 e. The standard InChI is InChI=1S/C13H25NO3/c1-3-17-12-7-11(8-12)9-13(16)14-6-4-5-10(2)15/h10-12,15H,3-9H2,1-2H3,(H,14,16). The van der Waals surface area contributed by atoms with Crippen molar-refractivity contribution in [1.82, 2.24) is 5.32 Å². The molecule has 1 fully saturated rings. The van der Waals surface area contributed by atoms with Crippen molar-refractivity contribution in [1.29, 1.82) is 0 Å². The summed E-state index contributed by atoms with van der Waals surface area (Å²) in [4.78, 5) is 11.5. The van der Waals surface area contributed by atoms with Gasteiger partial charge in [-0.25, -0.2) is 0 Å². The molecule has 0 aromatic rings. The van der Waals surface area contributed by atoms with Crippen LogP contribution in [0, 0.1) is 5.92 Å². The molecule has 1 amide bonds. The lowest BCUT2D eigenvalue weighted by Gasteiger charge is -2.34. The third-order valence-corrected chi connectivity index (χ3v) is 3.19. The van der Waals surface area contributed by atoms with Crippen LogP contribution in [-0.2, 0) is 9.53 Å². The van der Waals surface area contributed by atoms with Crippen molar-refractivity contribution in [3.8, 4) is 0 Å². The zero-order valence-electron chi connectivity index (χ0n) is 10.9. The lowest BCUT2D eigenvalue weighted by atomic mass is 9.80. The van der Waals surface area contributed by atoms with Gasteiger partial charge >= 0.3 is 0 Å². The van der Waals surface area contributed by atoms with E-state index in [9.17, 15) is 4.79 Å². The van der Waals surface area contributed by atoms with Gasteiger partial charge in [-0.3, -0.25) is 4.79 Å². The Labute approximate surface area is 104 Å². The number of rotatable bonds is 8. The van der Waals surface area contributed by atoms with E-state index in [0.717, 1.165) is 32.3 Å². The number of nitrogens with one attached hydrogen (secondary N) is 1. The lowest BCUT2D eigenvalue weighted by molar-refractivity contribution is -0.124. The maximum absolute atomic E-state index is 11.5. The Morgan fingerprint density at radius 2 is 2.24 bits per heavy atom. The molecule has 1 aliphatic carbocycles. The molecule has 1 aliphatic rings. The van der Waals surface area contributed by atoms with E-state index in [1.807, 2.05) is 6.92 Å². The van der Waals surface area contributed by atoms with Gasteiger partial charge in [0.2, 0.25) is 5.91 Å². The molecule has 0 bridgehead atoms. The van der Waals surface area contributed by atoms with Gasteiger partial charge in [-0.2, -0.15) is 0 Å². The summed E-state index contributed by atoms with van der Waals surface area (Å²) in [6.45, 7) is 5.21. The maximum atomic E-state index is 11.5. The van der Waals surface area contributed by atoms with E-state index in [-0.39, 0.29) is 12.0 Å². The first-order valence-corrected chi connectivity index (χ1v) is 6.68. The highest BCUT2D eigenvalue weighted by molar-refractivity contribution is 5.76. The molecule has 17 heavy (non-hydrogen) atoms. The number of hydrogen-bond acceptors (Lipinski definition) is 3. The maximum Gasteiger partial charge on any atom is 0.220 e. The highest BCUT2D eigenvalue weighted by Gasteiger charge is 2.30. The quantitative estimate of drug-likeness (QED) is 0.635. The van der Waals surface area contributed by atoms with Crippen LogP contribution in [0.3, 0.4) is 0 Å². The minimum Gasteiger partial charge on any atom is -0.393 e. The van der Waals surface area contributed by atoms with E-state index < -0.39 is 0 Å². The zero-order chi connectivity index (χ0) is 12.7. The van der Waals surface area contributed by atoms with Crippen LogP contribution in [0.1, 0.15) is 46.0 Å². The topological polar surface area (TPSA) is 58.6 Å². The molecule has 0 radical (unpaired) electrons. The minimum absolute atomic E-state index is 0.135. The zero-order valence-corrected chi connectivity index (χ0v) is 10.9. The van der Waals surface area contributed by atoms with Crippen molar-refractivity contribution in [3.05, 3.63) is 0 Å². The third kappa shape index (κ3) is 6.03. The van der Waals surface area contributed by atoms with E-state index in [1.165, 1.54) is 0 Å². The van der Waals surface area contributed by atoms with E-state index in [0.29, 0.717) is 25.0 Å². The van der Waals surface area contributed by atoms with Crippen LogP contribution in [-0.4, -0.2) is 36.4 Å². The predicted octanol–water partition coefficient (Wildman–Crippen LogP) is 1.47. The van der Waals surface area contributed by atoms with Crippen LogP contribution in [0.5, 0.6) is 0 Å². The molecule has 4 nitrogen and oxygen atoms in total. The van der Waals surface area contributed by atoms with Crippen LogP contribution in [0.2, 0.25) is 0 Å². The molecule has 0 aromatic carbocycles. The summed E-state index contributed by atoms with van der Waals surface area (Å²) < 4.78 is 5.46. The second-order valence-electron chi connectivity index (χ2n) is 4.96. The van der Waals surface area contributed by atoms with E-state index >= 15 is 0 Å². The van der Waals surface area contributed by atoms with Crippen molar-refractivity contribution in [3.63, 3.8) is 0 Å². The van der Waals surface area contributed by atoms with Gasteiger partial charge in [-0.05, 0) is 45.4 Å². The number of ether oxygens (including phenoxy) is 1. The van der Waals surface area contributed by atoms with Crippen LogP contribution >= 0.6 is 0 Å². The molecule has 0 heterocycles. The second-order valence-corrected chi connectivity index (χ2v) is 4.96. The fourth-order valence-electron chi connectivity index (χ4n) is 2.17. The highest BCUT2D eigenvalue weighted by atomic mass is 16.5. The SMILES string of the molecule is CCOC1CC(CC(=O)NCCCC(C)O)C1. The van der Waals surface area contributed by atoms with Gasteiger partial charge in [0, 0.05) is 19.6 Å². The van der Waals surface area contributed by atoms with Gasteiger partial charge in [-0.1, -0.05) is 0 Å². The predicted molar refractivity (Wildman–Crippen MR) is 66.7 cm³/mol. The van der Waals surface area contributed by atoms with Crippen LogP contribution in [0.4, 0.5) is 0 Å². The van der Waals surface area contributed by atoms with E-state index in [2.05, 4.69) is 5.32 Å². The van der Waals surface area contributed by atoms with Gasteiger partial charge in [0.05, 0.1) is 12.2 Å². The normalized spacial score (nSPS) is 25.1. The van der Waals surface area contributed by atoms with E-state index in [1.54, 1.807) is 6.92 Å². The van der Waals surface area contributed by atoms with Crippen molar-refractivity contribution in [2.75, 3.05) is 13.2 Å². The molecule has 1 unspecified atom stereocenters. The average molecular weight is 243 g/mol. The van der Waals surface area contributed by atoms with Crippen LogP contribution < -0.4 is 5.32 Å². The second kappa shape index (κ2) is 7.67. The first-order chi connectivity index (χ1) is 8.11. The monoisotopic (exact) mass is 243 g/mol. The van der Waals surface area contributed by atoms with Gasteiger partial charge in [-0.15, -0.1) is 0 Å². The number of carbonyl (C=O) groups is 1. The fourth-order valence-corrected chi connectivity index (χ4v) is 2.17. The molecule has 2 N–H and O–H groups in total. The lowest BCUT2D eigenvalue weighted by Crippen LogP contribution is -2.36. The summed E-state index contributed by atoms with van der Waals surface area (Å²) in [6.07, 6.45) is 4.37. The molecular weight excluding hydrogens is 218 g/mol. The van der Waals surface area contributed by atoms with Crippen molar-refractivity contribution < 1.29 is 14.6 Å². The number of aliphatic hydroxyl groups is 1. The molecule has 0 aliphatic heterocycles. The molecule has 1 atom stereocenters. The van der Waals surface area contributed by atoms with Crippen molar-refractivity contribution >= 4 is 5.91 Å². The number of amides is 1. The Hall–Kier alpha value is -0.610. The number of hydrogen-bond donors (Lipinski definition) is 2. The molecule has 0 spiro atoms. The molecule has 4 heteroatoms. The molecular formula is C13H25NO3. The van der Waals surface area contributed by atoms with Gasteiger partial charge in [0.15, 0.2) is 0 Å². The molecule has 1 rings (SSSR count). The van der Waals surface area contributed by atoms with Gasteiger partial charge in [0.25, 0.3) is 0 Å². The number of carbonyl (C=O) groups excluding carboxylic acids is 1. The Balaban J connectivity index is 1.96. The first kappa shape index (κ1) is 14.5. The van der Waals surface area contributed by atoms with Crippen molar-refractivity contribution in [2.24, 2.45) is 5.92 Å². The summed E-state index contributed by atoms with van der Waals surface area (Å²) in [5.41, 5.74) is 0. The average Bonchev–Trinajstić information content (AvgIpc) is 2.21. The Morgan fingerprint density at radius 1 is 1.53 bits per heavy atom. The first-order valence-electron chi connectivity index (χ1n) is 6.68. The molecule has 0 saturated heterocycles. The fraction of sp³-hybridized carbons (Fsp3) is 0.923. The molecule has 1 saturated carbocycles. The minimum atomic E-state index is -0.273. The Morgan fingerprint density at radius 3 is 2.82 bits per heavy atom. The summed E-state index contributed by atoms with van der Waals surface area (Å²) in [6, 6.07) is 0. The number of aliphatic hydroxyl groups excluding tert-OH is 1. The van der Waals surface area contributed by atoms with Crippen LogP contribution in [0.25, 0.3) is 0 Å². The summed E-state index contributed by atoms with van der Waals surface area (Å²) in [5.74, 6) is 0.638. The van der Waals surface area contributed by atoms with Crippen molar-refractivity contribution in [2.45, 2.75) is 58.2 Å². The van der Waals surface area contributed by atoms with Crippen LogP contribution in [0.15, 0.2) is 0 Å². The Kier molecular flexibility index (Phi) is 6.52. The Bertz CT molecular complexity index is 225. The smallest absolute Gasteiger partial charge is 0.220 e. The van der Waals surface area contributed by atoms with E-state index in [4.69, 9.17) is 9.84 Å². The van der Waals surface area contributed by atoms with Gasteiger partial charge < -0.3 is 15.2 Å². The third-order valence-electron chi connectivity index (χ3n) is 3.19. The molecule has 100 valence electrons. The summed E-state index contributed by atoms with van der Waals surface area (Å²) in [5, 5.41) is 12.0. The highest BCUT2D eigenvalue weighted by Crippen LogP contribution is 2.32. The summed E-state index contributed by atoms with van der Waals surface area (Å²) >= 11 is 0. The molecule has 0 aromatic heterocycles. The van der Waals surface area contributed by atoms with Gasteiger partial charge in [0.1, 0.15) is 0 Å².